The summed E-state index contributed by atoms with van der Waals surface area (Å²) in [6, 6.07) is 14.2. The predicted molar refractivity (Wildman–Crippen MR) is 168 cm³/mol. The molecule has 0 aliphatic carbocycles. The molecule has 260 valence electrons. The van der Waals surface area contributed by atoms with Crippen LogP contribution in [0.1, 0.15) is 22.3 Å². The van der Waals surface area contributed by atoms with Crippen LogP contribution in [0.4, 0.5) is 17.6 Å². The molecule has 0 saturated carbocycles. The maximum absolute atomic E-state index is 13.2. The Balaban J connectivity index is 0.000000565. The summed E-state index contributed by atoms with van der Waals surface area (Å²) >= 11 is 1.27. The number of aliphatic hydroxyl groups excluding tert-OH is 2. The molecule has 1 amide bonds. The van der Waals surface area contributed by atoms with Gasteiger partial charge in [-0.2, -0.15) is 18.2 Å². The van der Waals surface area contributed by atoms with Crippen molar-refractivity contribution in [3.05, 3.63) is 111 Å². The van der Waals surface area contributed by atoms with Crippen LogP contribution in [-0.2, 0) is 39.4 Å². The van der Waals surface area contributed by atoms with E-state index in [-0.39, 0.29) is 30.4 Å². The summed E-state index contributed by atoms with van der Waals surface area (Å²) in [7, 11) is 1.64. The highest BCUT2D eigenvalue weighted by molar-refractivity contribution is 7.98. The van der Waals surface area contributed by atoms with Crippen LogP contribution in [0, 0.1) is 12.7 Å². The highest BCUT2D eigenvalue weighted by Crippen LogP contribution is 2.30. The largest absolute Gasteiger partial charge is 0.479 e. The molecule has 0 aliphatic rings. The lowest BCUT2D eigenvalue weighted by molar-refractivity contribution is -0.165. The van der Waals surface area contributed by atoms with E-state index in [1.54, 1.807) is 55.2 Å². The van der Waals surface area contributed by atoms with Crippen molar-refractivity contribution in [3.8, 4) is 11.3 Å². The zero-order chi connectivity index (χ0) is 36.5. The highest BCUT2D eigenvalue weighted by Gasteiger charge is 2.30. The molecule has 0 aliphatic heterocycles. The Bertz CT molecular complexity index is 1800. The molecule has 2 aromatic heterocycles. The van der Waals surface area contributed by atoms with Crippen molar-refractivity contribution in [2.45, 2.75) is 49.3 Å². The molecule has 2 heterocycles. The number of carboxylic acid groups (broad SMARTS) is 2. The van der Waals surface area contributed by atoms with E-state index >= 15 is 0 Å². The number of alkyl halides is 3. The topological polar surface area (TPSA) is 183 Å². The molecule has 0 bridgehead atoms. The molecular formula is C32H30F4N4O8S. The lowest BCUT2D eigenvalue weighted by Gasteiger charge is -2.19. The Morgan fingerprint density at radius 1 is 0.918 bits per heavy atom. The summed E-state index contributed by atoms with van der Waals surface area (Å²) in [5, 5.41) is 32.9. The zero-order valence-electron chi connectivity index (χ0n) is 25.8. The maximum atomic E-state index is 13.2. The fourth-order valence-electron chi connectivity index (χ4n) is 3.96. The molecule has 4 rings (SSSR count). The first-order valence-electron chi connectivity index (χ1n) is 14.1. The van der Waals surface area contributed by atoms with Crippen LogP contribution < -0.4 is 5.56 Å². The van der Waals surface area contributed by atoms with E-state index in [0.717, 1.165) is 23.3 Å². The number of likely N-dealkylation sites (N-methyl/N-ethyl adjacent to an activating group) is 1. The van der Waals surface area contributed by atoms with E-state index in [1.807, 2.05) is 0 Å². The molecule has 2 unspecified atom stereocenters. The second-order valence-electron chi connectivity index (χ2n) is 10.5. The molecule has 4 aromatic rings. The molecule has 49 heavy (non-hydrogen) atoms. The van der Waals surface area contributed by atoms with Crippen molar-refractivity contribution in [2.24, 2.45) is 0 Å². The van der Waals surface area contributed by atoms with Gasteiger partial charge < -0.3 is 29.9 Å². The molecule has 17 heteroatoms. The van der Waals surface area contributed by atoms with Gasteiger partial charge in [0, 0.05) is 42.9 Å². The van der Waals surface area contributed by atoms with Gasteiger partial charge in [-0.3, -0.25) is 14.6 Å². The molecule has 2 aromatic carbocycles. The smallest absolute Gasteiger partial charge is 0.416 e. The number of pyridine rings is 1. The maximum Gasteiger partial charge on any atom is 0.416 e. The highest BCUT2D eigenvalue weighted by atomic mass is 32.2. The van der Waals surface area contributed by atoms with Gasteiger partial charge in [0.2, 0.25) is 5.91 Å². The minimum absolute atomic E-state index is 0.0482. The first kappa shape index (κ1) is 38.3. The van der Waals surface area contributed by atoms with Crippen molar-refractivity contribution in [1.29, 1.82) is 0 Å². The fourth-order valence-corrected chi connectivity index (χ4v) is 4.88. The molecule has 4 N–H and O–H groups in total. The van der Waals surface area contributed by atoms with Crippen molar-refractivity contribution in [1.82, 2.24) is 19.4 Å². The van der Waals surface area contributed by atoms with E-state index < -0.39 is 35.9 Å². The molecule has 0 fully saturated rings. The van der Waals surface area contributed by atoms with Crippen molar-refractivity contribution in [3.63, 3.8) is 0 Å². The predicted octanol–water partition coefficient (Wildman–Crippen LogP) is 3.60. The Morgan fingerprint density at radius 2 is 1.49 bits per heavy atom. The third kappa shape index (κ3) is 11.2. The lowest BCUT2D eigenvalue weighted by Crippen LogP contribution is -2.39. The van der Waals surface area contributed by atoms with Crippen molar-refractivity contribution < 1.29 is 52.4 Å². The van der Waals surface area contributed by atoms with E-state index in [0.29, 0.717) is 27.7 Å². The number of nitrogens with zero attached hydrogens (tertiary/aromatic N) is 4. The minimum atomic E-state index is -4.40. The number of carboxylic acids is 2. The van der Waals surface area contributed by atoms with Gasteiger partial charge in [-0.05, 0) is 48.4 Å². The average molecular weight is 707 g/mol. The number of rotatable bonds is 11. The SMILES string of the molecule is Cc1cn(CC(=O)N(C)Cc2ccc(-c3ccc(C(F)(F)F)cc3)nc2)c(SCc2ccc(F)cc2)nc1=O.O=C(O)C(O)C(O)C(=O)O. The number of hydrogen-bond donors (Lipinski definition) is 4. The van der Waals surface area contributed by atoms with E-state index in [9.17, 15) is 36.7 Å². The monoisotopic (exact) mass is 706 g/mol. The summed E-state index contributed by atoms with van der Waals surface area (Å²) < 4.78 is 53.2. The molecule has 2 atom stereocenters. The number of benzene rings is 2. The second-order valence-corrected chi connectivity index (χ2v) is 11.4. The van der Waals surface area contributed by atoms with Gasteiger partial charge in [0.25, 0.3) is 5.56 Å². The molecule has 0 radical (unpaired) electrons. The third-order valence-corrected chi connectivity index (χ3v) is 7.76. The summed E-state index contributed by atoms with van der Waals surface area (Å²) in [6.45, 7) is 1.83. The number of carbonyl (C=O) groups excluding carboxylic acids is 1. The third-order valence-electron chi connectivity index (χ3n) is 6.70. The number of halogens is 4. The number of aryl methyl sites for hydroxylation is 1. The van der Waals surface area contributed by atoms with E-state index in [2.05, 4.69) is 9.97 Å². The van der Waals surface area contributed by atoms with Gasteiger partial charge in [0.15, 0.2) is 17.4 Å². The van der Waals surface area contributed by atoms with Crippen LogP contribution in [-0.4, -0.2) is 77.0 Å². The lowest BCUT2D eigenvalue weighted by atomic mass is 10.1. The summed E-state index contributed by atoms with van der Waals surface area (Å²) in [4.78, 5) is 54.7. The zero-order valence-corrected chi connectivity index (χ0v) is 26.7. The number of carbonyl (C=O) groups is 3. The van der Waals surface area contributed by atoms with E-state index in [4.69, 9.17) is 20.4 Å². The Labute approximate surface area is 280 Å². The van der Waals surface area contributed by atoms with Crippen LogP contribution >= 0.6 is 11.8 Å². The number of hydrogen-bond acceptors (Lipinski definition) is 9. The van der Waals surface area contributed by atoms with Gasteiger partial charge >= 0.3 is 18.1 Å². The number of aliphatic carboxylic acids is 2. The van der Waals surface area contributed by atoms with Gasteiger partial charge in [0.05, 0.1) is 11.3 Å². The van der Waals surface area contributed by atoms with Crippen LogP contribution in [0.15, 0.2) is 83.0 Å². The summed E-state index contributed by atoms with van der Waals surface area (Å²) in [5.41, 5.74) is 1.94. The first-order valence-corrected chi connectivity index (χ1v) is 15.1. The standard InChI is InChI=1S/C28H24F4N4O2S.C4H6O6/c1-18-14-36(27(34-26(18)38)39-17-19-3-10-23(29)11-4-19)16-25(37)35(2)15-20-5-12-24(33-13-20)21-6-8-22(9-7-21)28(30,31)32;5-1(3(7)8)2(6)4(9)10/h3-14H,15-17H2,1-2H3;1-2,5-6H,(H,7,8)(H,9,10). The van der Waals surface area contributed by atoms with Gasteiger partial charge in [-0.1, -0.05) is 42.1 Å². The normalized spacial score (nSPS) is 12.3. The summed E-state index contributed by atoms with van der Waals surface area (Å²) in [5.74, 6) is -3.66. The van der Waals surface area contributed by atoms with Crippen LogP contribution in [0.5, 0.6) is 0 Å². The minimum Gasteiger partial charge on any atom is -0.479 e. The first-order chi connectivity index (χ1) is 23.0. The molecule has 12 nitrogen and oxygen atoms in total. The average Bonchev–Trinajstić information content (AvgIpc) is 3.05. The Kier molecular flexibility index (Phi) is 13.1. The quantitative estimate of drug-likeness (QED) is 0.102. The van der Waals surface area contributed by atoms with Crippen molar-refractivity contribution >= 4 is 29.6 Å². The number of thioether (sulfide) groups is 1. The van der Waals surface area contributed by atoms with Crippen molar-refractivity contribution in [2.75, 3.05) is 7.05 Å². The molecular weight excluding hydrogens is 676 g/mol. The molecule has 0 saturated heterocycles. The van der Waals surface area contributed by atoms with Crippen LogP contribution in [0.3, 0.4) is 0 Å². The van der Waals surface area contributed by atoms with Gasteiger partial charge in [-0.15, -0.1) is 0 Å². The van der Waals surface area contributed by atoms with Gasteiger partial charge in [0.1, 0.15) is 12.4 Å². The number of aliphatic hydroxyl groups is 2. The number of aromatic nitrogens is 3. The van der Waals surface area contributed by atoms with Gasteiger partial charge in [-0.25, -0.2) is 14.0 Å². The second kappa shape index (κ2) is 16.8. The molecule has 0 spiro atoms. The van der Waals surface area contributed by atoms with E-state index in [1.165, 1.54) is 40.9 Å². The van der Waals surface area contributed by atoms with Crippen LogP contribution in [0.25, 0.3) is 11.3 Å². The Hall–Kier alpha value is -5.13. The summed E-state index contributed by atoms with van der Waals surface area (Å²) in [6.07, 6.45) is -5.77. The number of amides is 1. The fraction of sp³-hybridized carbons (Fsp3) is 0.250. The Morgan fingerprint density at radius 3 is 2.00 bits per heavy atom. The van der Waals surface area contributed by atoms with Crippen LogP contribution in [0.2, 0.25) is 0 Å².